The van der Waals surface area contributed by atoms with Crippen molar-refractivity contribution in [2.24, 2.45) is 5.73 Å². The third-order valence-electron chi connectivity index (χ3n) is 3.36. The fourth-order valence-corrected chi connectivity index (χ4v) is 2.70. The maximum absolute atomic E-state index is 11.7. The minimum Gasteiger partial charge on any atom is -0.345 e. The Morgan fingerprint density at radius 2 is 1.48 bits per heavy atom. The van der Waals surface area contributed by atoms with Crippen molar-refractivity contribution in [2.45, 2.75) is 11.4 Å². The molecule has 2 aromatic rings. The van der Waals surface area contributed by atoms with E-state index < -0.39 is 10.0 Å². The van der Waals surface area contributed by atoms with Crippen LogP contribution in [-0.4, -0.2) is 22.5 Å². The predicted octanol–water partition coefficient (Wildman–Crippen LogP) is 1.82. The van der Waals surface area contributed by atoms with Gasteiger partial charge in [-0.05, 0) is 49.0 Å². The maximum Gasteiger partial charge on any atom is 0.240 e. The number of rotatable bonds is 5. The van der Waals surface area contributed by atoms with Gasteiger partial charge in [-0.3, -0.25) is 0 Å². The van der Waals surface area contributed by atoms with Gasteiger partial charge in [-0.15, -0.1) is 0 Å². The molecule has 2 aromatic carbocycles. The molecule has 0 aromatic heterocycles. The summed E-state index contributed by atoms with van der Waals surface area (Å²) in [7, 11) is -0.0699. The highest BCUT2D eigenvalue weighted by molar-refractivity contribution is 7.89. The van der Waals surface area contributed by atoms with E-state index in [0.29, 0.717) is 6.54 Å². The molecule has 6 heteroatoms. The lowest BCUT2D eigenvalue weighted by atomic mass is 10.2. The van der Waals surface area contributed by atoms with Crippen molar-refractivity contribution in [1.29, 1.82) is 0 Å². The van der Waals surface area contributed by atoms with E-state index in [4.69, 9.17) is 5.73 Å². The van der Waals surface area contributed by atoms with Crippen LogP contribution in [0, 0.1) is 0 Å². The molecule has 0 amide bonds. The zero-order chi connectivity index (χ0) is 15.5. The maximum atomic E-state index is 11.7. The molecule has 0 atom stereocenters. The van der Waals surface area contributed by atoms with Crippen LogP contribution in [0.4, 0.5) is 11.4 Å². The van der Waals surface area contributed by atoms with E-state index in [1.165, 1.54) is 7.05 Å². The number of nitrogens with zero attached hydrogens (tertiary/aromatic N) is 1. The molecule has 0 heterocycles. The molecular weight excluding hydrogens is 286 g/mol. The van der Waals surface area contributed by atoms with Crippen LogP contribution in [0.25, 0.3) is 0 Å². The van der Waals surface area contributed by atoms with Gasteiger partial charge >= 0.3 is 0 Å². The SMILES string of the molecule is CNS(=O)(=O)c1ccc(N(C)c2ccc(CN)cc2)cc1. The number of nitrogens with two attached hydrogens (primary N) is 1. The van der Waals surface area contributed by atoms with Crippen LogP contribution < -0.4 is 15.4 Å². The van der Waals surface area contributed by atoms with Gasteiger partial charge < -0.3 is 10.6 Å². The summed E-state index contributed by atoms with van der Waals surface area (Å²) in [5, 5.41) is 0. The summed E-state index contributed by atoms with van der Waals surface area (Å²) in [6.45, 7) is 0.514. The summed E-state index contributed by atoms with van der Waals surface area (Å²) in [6, 6.07) is 14.7. The van der Waals surface area contributed by atoms with E-state index in [-0.39, 0.29) is 4.90 Å². The predicted molar refractivity (Wildman–Crippen MR) is 85.1 cm³/mol. The molecule has 0 fully saturated rings. The molecule has 0 aliphatic rings. The Morgan fingerprint density at radius 1 is 1.00 bits per heavy atom. The first-order valence-corrected chi connectivity index (χ1v) is 8.02. The zero-order valence-corrected chi connectivity index (χ0v) is 12.9. The Labute approximate surface area is 125 Å². The Hall–Kier alpha value is -1.89. The van der Waals surface area contributed by atoms with Crippen LogP contribution in [0.1, 0.15) is 5.56 Å². The minimum atomic E-state index is -3.40. The molecular formula is C15H19N3O2S. The van der Waals surface area contributed by atoms with Crippen LogP contribution in [-0.2, 0) is 16.6 Å². The number of benzene rings is 2. The van der Waals surface area contributed by atoms with Crippen LogP contribution in [0.15, 0.2) is 53.4 Å². The third-order valence-corrected chi connectivity index (χ3v) is 4.79. The third kappa shape index (κ3) is 3.41. The highest BCUT2D eigenvalue weighted by Gasteiger charge is 2.11. The second-order valence-electron chi connectivity index (χ2n) is 4.63. The molecule has 5 nitrogen and oxygen atoms in total. The van der Waals surface area contributed by atoms with Gasteiger partial charge in [0.25, 0.3) is 0 Å². The summed E-state index contributed by atoms with van der Waals surface area (Å²) in [4.78, 5) is 2.23. The molecule has 0 aliphatic heterocycles. The molecule has 21 heavy (non-hydrogen) atoms. The first-order chi connectivity index (χ1) is 9.97. The van der Waals surface area contributed by atoms with E-state index in [1.807, 2.05) is 36.2 Å². The summed E-state index contributed by atoms with van der Waals surface area (Å²) in [5.41, 5.74) is 8.57. The lowest BCUT2D eigenvalue weighted by Crippen LogP contribution is -2.18. The minimum absolute atomic E-state index is 0.251. The van der Waals surface area contributed by atoms with Crippen molar-refractivity contribution in [1.82, 2.24) is 4.72 Å². The van der Waals surface area contributed by atoms with Gasteiger partial charge in [-0.2, -0.15) is 0 Å². The lowest BCUT2D eigenvalue weighted by molar-refractivity contribution is 0.588. The first kappa shape index (κ1) is 15.5. The fraction of sp³-hybridized carbons (Fsp3) is 0.200. The molecule has 0 saturated heterocycles. The second-order valence-corrected chi connectivity index (χ2v) is 6.52. The van der Waals surface area contributed by atoms with E-state index in [9.17, 15) is 8.42 Å². The van der Waals surface area contributed by atoms with E-state index >= 15 is 0 Å². The zero-order valence-electron chi connectivity index (χ0n) is 12.1. The van der Waals surface area contributed by atoms with Gasteiger partial charge in [-0.25, -0.2) is 13.1 Å². The first-order valence-electron chi connectivity index (χ1n) is 6.54. The fourth-order valence-electron chi connectivity index (χ4n) is 1.97. The monoisotopic (exact) mass is 305 g/mol. The summed E-state index contributed by atoms with van der Waals surface area (Å²) < 4.78 is 25.7. The van der Waals surface area contributed by atoms with Crippen molar-refractivity contribution in [2.75, 3.05) is 19.0 Å². The molecule has 0 spiro atoms. The van der Waals surface area contributed by atoms with E-state index in [1.54, 1.807) is 24.3 Å². The summed E-state index contributed by atoms with van der Waals surface area (Å²) >= 11 is 0. The molecule has 0 bridgehead atoms. The van der Waals surface area contributed by atoms with Crippen LogP contribution in [0.3, 0.4) is 0 Å². The molecule has 0 saturated carbocycles. The molecule has 2 rings (SSSR count). The van der Waals surface area contributed by atoms with Crippen LogP contribution in [0.5, 0.6) is 0 Å². The van der Waals surface area contributed by atoms with E-state index in [0.717, 1.165) is 16.9 Å². The topological polar surface area (TPSA) is 75.4 Å². The highest BCUT2D eigenvalue weighted by atomic mass is 32.2. The molecule has 112 valence electrons. The van der Waals surface area contributed by atoms with Crippen molar-refractivity contribution in [3.63, 3.8) is 0 Å². The Morgan fingerprint density at radius 3 is 1.90 bits per heavy atom. The largest absolute Gasteiger partial charge is 0.345 e. The van der Waals surface area contributed by atoms with Crippen molar-refractivity contribution in [3.05, 3.63) is 54.1 Å². The number of anilines is 2. The Kier molecular flexibility index (Phi) is 4.62. The van der Waals surface area contributed by atoms with Gasteiger partial charge in [0, 0.05) is 25.0 Å². The molecule has 3 N–H and O–H groups in total. The number of sulfonamides is 1. The van der Waals surface area contributed by atoms with Crippen molar-refractivity contribution < 1.29 is 8.42 Å². The second kappa shape index (κ2) is 6.26. The Balaban J connectivity index is 2.25. The average Bonchev–Trinajstić information content (AvgIpc) is 2.54. The smallest absolute Gasteiger partial charge is 0.240 e. The number of hydrogen-bond donors (Lipinski definition) is 2. The van der Waals surface area contributed by atoms with Gasteiger partial charge in [-0.1, -0.05) is 12.1 Å². The van der Waals surface area contributed by atoms with Crippen molar-refractivity contribution >= 4 is 21.4 Å². The molecule has 0 unspecified atom stereocenters. The van der Waals surface area contributed by atoms with Crippen LogP contribution in [0.2, 0.25) is 0 Å². The van der Waals surface area contributed by atoms with Crippen molar-refractivity contribution in [3.8, 4) is 0 Å². The van der Waals surface area contributed by atoms with Crippen LogP contribution >= 0.6 is 0 Å². The van der Waals surface area contributed by atoms with Gasteiger partial charge in [0.15, 0.2) is 0 Å². The highest BCUT2D eigenvalue weighted by Crippen LogP contribution is 2.24. The number of hydrogen-bond acceptors (Lipinski definition) is 4. The normalized spacial score (nSPS) is 11.4. The number of nitrogens with one attached hydrogen (secondary N) is 1. The molecule has 0 aliphatic carbocycles. The van der Waals surface area contributed by atoms with Gasteiger partial charge in [0.05, 0.1) is 4.90 Å². The van der Waals surface area contributed by atoms with Gasteiger partial charge in [0.2, 0.25) is 10.0 Å². The van der Waals surface area contributed by atoms with Gasteiger partial charge in [0.1, 0.15) is 0 Å². The molecule has 0 radical (unpaired) electrons. The Bertz CT molecular complexity index is 695. The quantitative estimate of drug-likeness (QED) is 0.883. The lowest BCUT2D eigenvalue weighted by Gasteiger charge is -2.20. The summed E-state index contributed by atoms with van der Waals surface area (Å²) in [6.07, 6.45) is 0. The standard InChI is InChI=1S/C15H19N3O2S/c1-17-21(19,20)15-9-7-14(8-10-15)18(2)13-5-3-12(11-16)4-6-13/h3-10,17H,11,16H2,1-2H3. The van der Waals surface area contributed by atoms with E-state index in [2.05, 4.69) is 4.72 Å². The average molecular weight is 305 g/mol. The summed E-state index contributed by atoms with van der Waals surface area (Å²) in [5.74, 6) is 0.